The van der Waals surface area contributed by atoms with Crippen molar-refractivity contribution in [3.05, 3.63) is 28.8 Å². The van der Waals surface area contributed by atoms with Crippen LogP contribution in [-0.4, -0.2) is 11.7 Å². The molecule has 3 N–H and O–H groups in total. The van der Waals surface area contributed by atoms with E-state index in [0.717, 1.165) is 5.56 Å². The van der Waals surface area contributed by atoms with Gasteiger partial charge in [0.05, 0.1) is 0 Å². The molecule has 1 aromatic rings. The van der Waals surface area contributed by atoms with Gasteiger partial charge in [-0.3, -0.25) is 0 Å². The SMILES string of the molecule is Nc1cc(Cl)ccc1CCO. The Morgan fingerprint density at radius 1 is 1.45 bits per heavy atom. The van der Waals surface area contributed by atoms with Gasteiger partial charge >= 0.3 is 0 Å². The van der Waals surface area contributed by atoms with Gasteiger partial charge in [-0.15, -0.1) is 0 Å². The van der Waals surface area contributed by atoms with Crippen LogP contribution < -0.4 is 5.73 Å². The lowest BCUT2D eigenvalue weighted by atomic mass is 10.1. The van der Waals surface area contributed by atoms with E-state index in [2.05, 4.69) is 0 Å². The fourth-order valence-electron chi connectivity index (χ4n) is 0.914. The van der Waals surface area contributed by atoms with Crippen molar-refractivity contribution in [2.24, 2.45) is 0 Å². The van der Waals surface area contributed by atoms with Gasteiger partial charge in [-0.2, -0.15) is 0 Å². The molecule has 60 valence electrons. The van der Waals surface area contributed by atoms with Crippen molar-refractivity contribution < 1.29 is 5.11 Å². The first-order valence-electron chi connectivity index (χ1n) is 3.39. The summed E-state index contributed by atoms with van der Waals surface area (Å²) in [6.45, 7) is 0.117. The number of nitrogens with two attached hydrogens (primary N) is 1. The molecule has 0 saturated carbocycles. The summed E-state index contributed by atoms with van der Waals surface area (Å²) < 4.78 is 0. The van der Waals surface area contributed by atoms with E-state index in [-0.39, 0.29) is 6.61 Å². The van der Waals surface area contributed by atoms with Crippen LogP contribution in [0.4, 0.5) is 5.69 Å². The molecule has 1 aromatic carbocycles. The van der Waals surface area contributed by atoms with Crippen LogP contribution in [0.5, 0.6) is 0 Å². The number of nitrogen functional groups attached to an aromatic ring is 1. The molecule has 0 fully saturated rings. The summed E-state index contributed by atoms with van der Waals surface area (Å²) in [6, 6.07) is 5.28. The van der Waals surface area contributed by atoms with Gasteiger partial charge in [0.1, 0.15) is 0 Å². The molecule has 0 saturated heterocycles. The molecule has 3 heteroatoms. The minimum atomic E-state index is 0.117. The number of aliphatic hydroxyl groups is 1. The normalized spacial score (nSPS) is 10.0. The standard InChI is InChI=1S/C8H10ClNO/c9-7-2-1-6(3-4-11)8(10)5-7/h1-2,5,11H,3-4,10H2. The number of aliphatic hydroxyl groups excluding tert-OH is 1. The molecule has 0 unspecified atom stereocenters. The van der Waals surface area contributed by atoms with E-state index in [1.807, 2.05) is 6.07 Å². The first kappa shape index (κ1) is 8.37. The van der Waals surface area contributed by atoms with Crippen molar-refractivity contribution in [1.82, 2.24) is 0 Å². The summed E-state index contributed by atoms with van der Waals surface area (Å²) in [5, 5.41) is 9.25. The summed E-state index contributed by atoms with van der Waals surface area (Å²) in [4.78, 5) is 0. The fourth-order valence-corrected chi connectivity index (χ4v) is 1.09. The minimum absolute atomic E-state index is 0.117. The van der Waals surface area contributed by atoms with Crippen molar-refractivity contribution in [3.8, 4) is 0 Å². The smallest absolute Gasteiger partial charge is 0.0472 e. The molecule has 0 aliphatic heterocycles. The summed E-state index contributed by atoms with van der Waals surface area (Å²) in [5.74, 6) is 0. The van der Waals surface area contributed by atoms with Crippen LogP contribution in [0, 0.1) is 0 Å². The quantitative estimate of drug-likeness (QED) is 0.662. The van der Waals surface area contributed by atoms with Crippen molar-refractivity contribution in [1.29, 1.82) is 0 Å². The lowest BCUT2D eigenvalue weighted by Gasteiger charge is -2.02. The van der Waals surface area contributed by atoms with Gasteiger partial charge in [-0.25, -0.2) is 0 Å². The molecule has 0 aliphatic rings. The van der Waals surface area contributed by atoms with Crippen molar-refractivity contribution in [2.75, 3.05) is 12.3 Å². The third-order valence-electron chi connectivity index (χ3n) is 1.49. The van der Waals surface area contributed by atoms with Crippen LogP contribution in [0.1, 0.15) is 5.56 Å². The van der Waals surface area contributed by atoms with E-state index in [1.54, 1.807) is 12.1 Å². The summed E-state index contributed by atoms with van der Waals surface area (Å²) in [5.41, 5.74) is 7.20. The number of rotatable bonds is 2. The van der Waals surface area contributed by atoms with Gasteiger partial charge in [-0.05, 0) is 24.1 Å². The lowest BCUT2D eigenvalue weighted by Crippen LogP contribution is -1.96. The Labute approximate surface area is 70.6 Å². The number of hydrogen-bond acceptors (Lipinski definition) is 2. The van der Waals surface area contributed by atoms with E-state index >= 15 is 0 Å². The third-order valence-corrected chi connectivity index (χ3v) is 1.72. The average molecular weight is 172 g/mol. The summed E-state index contributed by atoms with van der Waals surface area (Å²) in [7, 11) is 0. The lowest BCUT2D eigenvalue weighted by molar-refractivity contribution is 0.300. The summed E-state index contributed by atoms with van der Waals surface area (Å²) in [6.07, 6.45) is 0.586. The Kier molecular flexibility index (Phi) is 2.74. The van der Waals surface area contributed by atoms with E-state index in [9.17, 15) is 0 Å². The van der Waals surface area contributed by atoms with Crippen molar-refractivity contribution in [3.63, 3.8) is 0 Å². The van der Waals surface area contributed by atoms with E-state index in [4.69, 9.17) is 22.4 Å². The number of hydrogen-bond donors (Lipinski definition) is 2. The van der Waals surface area contributed by atoms with E-state index in [1.165, 1.54) is 0 Å². The highest BCUT2D eigenvalue weighted by Gasteiger charge is 1.97. The number of halogens is 1. The molecule has 0 amide bonds. The topological polar surface area (TPSA) is 46.2 Å². The van der Waals surface area contributed by atoms with Crippen molar-refractivity contribution >= 4 is 17.3 Å². The van der Waals surface area contributed by atoms with Crippen LogP contribution in [0.2, 0.25) is 5.02 Å². The zero-order valence-electron chi connectivity index (χ0n) is 6.05. The first-order chi connectivity index (χ1) is 5.24. The highest BCUT2D eigenvalue weighted by molar-refractivity contribution is 6.30. The average Bonchev–Trinajstić information content (AvgIpc) is 1.95. The molecule has 0 aliphatic carbocycles. The Bertz CT molecular complexity index is 250. The molecular formula is C8H10ClNO. The van der Waals surface area contributed by atoms with Gasteiger partial charge in [-0.1, -0.05) is 17.7 Å². The van der Waals surface area contributed by atoms with E-state index in [0.29, 0.717) is 17.1 Å². The second kappa shape index (κ2) is 3.60. The Morgan fingerprint density at radius 2 is 2.18 bits per heavy atom. The van der Waals surface area contributed by atoms with Crippen LogP contribution >= 0.6 is 11.6 Å². The van der Waals surface area contributed by atoms with E-state index < -0.39 is 0 Å². The molecule has 0 bridgehead atoms. The third kappa shape index (κ3) is 2.10. The molecule has 0 spiro atoms. The van der Waals surface area contributed by atoms with Crippen molar-refractivity contribution in [2.45, 2.75) is 6.42 Å². The van der Waals surface area contributed by atoms with Crippen LogP contribution in [0.15, 0.2) is 18.2 Å². The van der Waals surface area contributed by atoms with Crippen LogP contribution in [-0.2, 0) is 6.42 Å². The first-order valence-corrected chi connectivity index (χ1v) is 3.76. The maximum atomic E-state index is 8.62. The van der Waals surface area contributed by atoms with Crippen LogP contribution in [0.25, 0.3) is 0 Å². The summed E-state index contributed by atoms with van der Waals surface area (Å²) >= 11 is 5.67. The Hall–Kier alpha value is -0.730. The predicted molar refractivity (Wildman–Crippen MR) is 46.7 cm³/mol. The van der Waals surface area contributed by atoms with Gasteiger partial charge in [0.25, 0.3) is 0 Å². The van der Waals surface area contributed by atoms with Gasteiger partial charge in [0.2, 0.25) is 0 Å². The monoisotopic (exact) mass is 171 g/mol. The predicted octanol–water partition coefficient (Wildman–Crippen LogP) is 1.46. The van der Waals surface area contributed by atoms with Gasteiger partial charge < -0.3 is 10.8 Å². The maximum absolute atomic E-state index is 8.62. The van der Waals surface area contributed by atoms with Crippen LogP contribution in [0.3, 0.4) is 0 Å². The second-order valence-electron chi connectivity index (χ2n) is 2.32. The van der Waals surface area contributed by atoms with Gasteiger partial charge in [0.15, 0.2) is 0 Å². The molecular weight excluding hydrogens is 162 g/mol. The molecule has 0 heterocycles. The number of anilines is 1. The molecule has 0 radical (unpaired) electrons. The molecule has 0 aromatic heterocycles. The molecule has 2 nitrogen and oxygen atoms in total. The molecule has 0 atom stereocenters. The second-order valence-corrected chi connectivity index (χ2v) is 2.75. The highest BCUT2D eigenvalue weighted by Crippen LogP contribution is 2.17. The molecule has 11 heavy (non-hydrogen) atoms. The zero-order chi connectivity index (χ0) is 8.27. The molecule has 1 rings (SSSR count). The largest absolute Gasteiger partial charge is 0.398 e. The minimum Gasteiger partial charge on any atom is -0.398 e. The zero-order valence-corrected chi connectivity index (χ0v) is 6.80. The fraction of sp³-hybridized carbons (Fsp3) is 0.250. The number of benzene rings is 1. The van der Waals surface area contributed by atoms with Gasteiger partial charge in [0, 0.05) is 17.3 Å². The maximum Gasteiger partial charge on any atom is 0.0472 e. The Morgan fingerprint density at radius 3 is 2.73 bits per heavy atom. The Balaban J connectivity index is 2.90. The highest BCUT2D eigenvalue weighted by atomic mass is 35.5.